The molecule has 1 aliphatic rings. The highest BCUT2D eigenvalue weighted by atomic mass is 16.4. The number of aliphatic carboxylic acids is 1. The molecule has 2 atom stereocenters. The normalized spacial score (nSPS) is 20.0. The number of carboxylic acid groups (broad SMARTS) is 1. The van der Waals surface area contributed by atoms with E-state index in [1.54, 1.807) is 0 Å². The van der Waals surface area contributed by atoms with Crippen LogP contribution in [0.3, 0.4) is 0 Å². The van der Waals surface area contributed by atoms with Crippen LogP contribution in [0.5, 0.6) is 0 Å². The number of aryl methyl sites for hydroxylation is 1. The highest BCUT2D eigenvalue weighted by Gasteiger charge is 2.30. The van der Waals surface area contributed by atoms with Crippen LogP contribution in [0.25, 0.3) is 11.4 Å². The van der Waals surface area contributed by atoms with Crippen molar-refractivity contribution in [1.29, 1.82) is 0 Å². The smallest absolute Gasteiger partial charge is 0.306 e. The van der Waals surface area contributed by atoms with Gasteiger partial charge in [-0.2, -0.15) is 4.80 Å². The van der Waals surface area contributed by atoms with Crippen LogP contribution in [-0.2, 0) is 16.1 Å². The Kier molecular flexibility index (Phi) is 4.54. The Labute approximate surface area is 138 Å². The van der Waals surface area contributed by atoms with Crippen LogP contribution < -0.4 is 5.32 Å². The van der Waals surface area contributed by atoms with Crippen molar-refractivity contribution in [3.05, 3.63) is 29.8 Å². The highest BCUT2D eigenvalue weighted by molar-refractivity contribution is 5.76. The van der Waals surface area contributed by atoms with Crippen LogP contribution in [0, 0.1) is 12.8 Å². The lowest BCUT2D eigenvalue weighted by Crippen LogP contribution is -2.36. The summed E-state index contributed by atoms with van der Waals surface area (Å²) in [5, 5.41) is 23.9. The van der Waals surface area contributed by atoms with Gasteiger partial charge >= 0.3 is 5.97 Å². The quantitative estimate of drug-likeness (QED) is 0.847. The van der Waals surface area contributed by atoms with Crippen molar-refractivity contribution in [2.24, 2.45) is 5.92 Å². The van der Waals surface area contributed by atoms with Crippen molar-refractivity contribution in [1.82, 2.24) is 25.5 Å². The molecule has 0 radical (unpaired) electrons. The lowest BCUT2D eigenvalue weighted by Gasteiger charge is -2.11. The van der Waals surface area contributed by atoms with E-state index >= 15 is 0 Å². The van der Waals surface area contributed by atoms with E-state index in [0.29, 0.717) is 25.1 Å². The predicted octanol–water partition coefficient (Wildman–Crippen LogP) is 1.02. The van der Waals surface area contributed by atoms with E-state index in [0.717, 1.165) is 11.1 Å². The lowest BCUT2D eigenvalue weighted by atomic mass is 10.1. The van der Waals surface area contributed by atoms with E-state index in [-0.39, 0.29) is 24.4 Å². The fourth-order valence-corrected chi connectivity index (χ4v) is 2.87. The second-order valence-corrected chi connectivity index (χ2v) is 6.12. The first-order valence-electron chi connectivity index (χ1n) is 7.88. The number of rotatable bonds is 5. The molecule has 8 nitrogen and oxygen atoms in total. The molecule has 2 aromatic rings. The van der Waals surface area contributed by atoms with Gasteiger partial charge in [-0.1, -0.05) is 29.8 Å². The summed E-state index contributed by atoms with van der Waals surface area (Å²) >= 11 is 0. The summed E-state index contributed by atoms with van der Waals surface area (Å²) in [6, 6.07) is 7.63. The number of amides is 1. The van der Waals surface area contributed by atoms with Gasteiger partial charge in [0, 0.05) is 11.6 Å². The third-order valence-electron chi connectivity index (χ3n) is 4.19. The zero-order valence-electron chi connectivity index (χ0n) is 13.3. The van der Waals surface area contributed by atoms with Gasteiger partial charge in [0.2, 0.25) is 11.7 Å². The highest BCUT2D eigenvalue weighted by Crippen LogP contribution is 2.25. The number of aromatic nitrogens is 4. The van der Waals surface area contributed by atoms with Crippen molar-refractivity contribution in [2.75, 3.05) is 0 Å². The number of hydrogen-bond acceptors (Lipinski definition) is 5. The van der Waals surface area contributed by atoms with Crippen LogP contribution in [0.1, 0.15) is 24.8 Å². The Morgan fingerprint density at radius 1 is 1.29 bits per heavy atom. The van der Waals surface area contributed by atoms with E-state index < -0.39 is 5.97 Å². The zero-order chi connectivity index (χ0) is 17.1. The van der Waals surface area contributed by atoms with E-state index in [1.807, 2.05) is 31.2 Å². The molecule has 0 saturated heterocycles. The standard InChI is InChI=1S/C16H19N5O3/c1-10-2-4-11(5-3-10)15-18-20-21(19-15)9-14(22)17-13-7-6-12(8-13)16(23)24/h2-5,12-13H,6-9H2,1H3,(H,17,22)(H,23,24)/t12-,13+/m0/s1. The van der Waals surface area contributed by atoms with Gasteiger partial charge in [0.15, 0.2) is 0 Å². The zero-order valence-corrected chi connectivity index (χ0v) is 13.3. The van der Waals surface area contributed by atoms with Gasteiger partial charge in [0.1, 0.15) is 6.54 Å². The molecule has 0 spiro atoms. The maximum Gasteiger partial charge on any atom is 0.306 e. The minimum Gasteiger partial charge on any atom is -0.481 e. The van der Waals surface area contributed by atoms with Crippen LogP contribution >= 0.6 is 0 Å². The molecular formula is C16H19N5O3. The molecule has 0 unspecified atom stereocenters. The number of carbonyl (C=O) groups excluding carboxylic acids is 1. The molecule has 1 aromatic carbocycles. The fourth-order valence-electron chi connectivity index (χ4n) is 2.87. The van der Waals surface area contributed by atoms with Crippen LogP contribution in [0.4, 0.5) is 0 Å². The van der Waals surface area contributed by atoms with E-state index in [4.69, 9.17) is 5.11 Å². The maximum absolute atomic E-state index is 12.0. The monoisotopic (exact) mass is 329 g/mol. The molecule has 24 heavy (non-hydrogen) atoms. The van der Waals surface area contributed by atoms with Gasteiger partial charge in [-0.3, -0.25) is 9.59 Å². The Balaban J connectivity index is 1.56. The number of carboxylic acids is 1. The molecule has 1 aromatic heterocycles. The fraction of sp³-hybridized carbons (Fsp3) is 0.438. The summed E-state index contributed by atoms with van der Waals surface area (Å²) in [5.74, 6) is -0.936. The van der Waals surface area contributed by atoms with Crippen LogP contribution in [-0.4, -0.2) is 43.2 Å². The van der Waals surface area contributed by atoms with Gasteiger partial charge in [0.25, 0.3) is 0 Å². The molecule has 1 saturated carbocycles. The maximum atomic E-state index is 12.0. The third-order valence-corrected chi connectivity index (χ3v) is 4.19. The summed E-state index contributed by atoms with van der Waals surface area (Å²) in [5.41, 5.74) is 1.98. The molecule has 126 valence electrons. The van der Waals surface area contributed by atoms with Crippen molar-refractivity contribution < 1.29 is 14.7 Å². The first kappa shape index (κ1) is 16.1. The van der Waals surface area contributed by atoms with Crippen LogP contribution in [0.2, 0.25) is 0 Å². The third kappa shape index (κ3) is 3.76. The second-order valence-electron chi connectivity index (χ2n) is 6.12. The number of carbonyl (C=O) groups is 2. The summed E-state index contributed by atoms with van der Waals surface area (Å²) in [7, 11) is 0. The van der Waals surface area contributed by atoms with Gasteiger partial charge in [-0.05, 0) is 31.4 Å². The molecule has 3 rings (SSSR count). The summed E-state index contributed by atoms with van der Waals surface area (Å²) in [6.45, 7) is 1.96. The Morgan fingerprint density at radius 3 is 2.71 bits per heavy atom. The number of benzene rings is 1. The van der Waals surface area contributed by atoms with Crippen molar-refractivity contribution in [3.8, 4) is 11.4 Å². The Hall–Kier alpha value is -2.77. The first-order valence-corrected chi connectivity index (χ1v) is 7.88. The minimum absolute atomic E-state index is 0.0346. The lowest BCUT2D eigenvalue weighted by molar-refractivity contribution is -0.141. The van der Waals surface area contributed by atoms with Crippen molar-refractivity contribution in [3.63, 3.8) is 0 Å². The summed E-state index contributed by atoms with van der Waals surface area (Å²) in [4.78, 5) is 24.2. The Morgan fingerprint density at radius 2 is 2.04 bits per heavy atom. The SMILES string of the molecule is Cc1ccc(-c2nnn(CC(=O)N[C@@H]3CC[C@H](C(=O)O)C3)n2)cc1. The second kappa shape index (κ2) is 6.77. The molecule has 1 amide bonds. The molecule has 0 bridgehead atoms. The number of hydrogen-bond donors (Lipinski definition) is 2. The van der Waals surface area contributed by atoms with Crippen molar-refractivity contribution in [2.45, 2.75) is 38.8 Å². The molecule has 1 heterocycles. The topological polar surface area (TPSA) is 110 Å². The average molecular weight is 329 g/mol. The summed E-state index contributed by atoms with van der Waals surface area (Å²) in [6.07, 6.45) is 1.75. The Bertz CT molecular complexity index is 740. The van der Waals surface area contributed by atoms with Gasteiger partial charge < -0.3 is 10.4 Å². The van der Waals surface area contributed by atoms with Gasteiger partial charge in [-0.15, -0.1) is 10.2 Å². The molecule has 1 fully saturated rings. The molecule has 8 heteroatoms. The predicted molar refractivity (Wildman–Crippen MR) is 84.9 cm³/mol. The van der Waals surface area contributed by atoms with E-state index in [9.17, 15) is 9.59 Å². The number of nitrogens with one attached hydrogen (secondary N) is 1. The molecule has 0 aliphatic heterocycles. The number of tetrazole rings is 1. The molecular weight excluding hydrogens is 310 g/mol. The van der Waals surface area contributed by atoms with E-state index in [1.165, 1.54) is 4.80 Å². The molecule has 2 N–H and O–H groups in total. The molecule has 1 aliphatic carbocycles. The average Bonchev–Trinajstić information content (AvgIpc) is 3.17. The minimum atomic E-state index is -0.799. The summed E-state index contributed by atoms with van der Waals surface area (Å²) < 4.78 is 0. The van der Waals surface area contributed by atoms with Crippen LogP contribution in [0.15, 0.2) is 24.3 Å². The van der Waals surface area contributed by atoms with E-state index in [2.05, 4.69) is 20.7 Å². The van der Waals surface area contributed by atoms with Gasteiger partial charge in [-0.25, -0.2) is 0 Å². The van der Waals surface area contributed by atoms with Gasteiger partial charge in [0.05, 0.1) is 5.92 Å². The number of nitrogens with zero attached hydrogens (tertiary/aromatic N) is 4. The first-order chi connectivity index (χ1) is 11.5. The largest absolute Gasteiger partial charge is 0.481 e. The van der Waals surface area contributed by atoms with Crippen molar-refractivity contribution >= 4 is 11.9 Å².